The topological polar surface area (TPSA) is 33.1 Å². The smallest absolute Gasteiger partial charge is 0.0950 e. The van der Waals surface area contributed by atoms with Crippen molar-refractivity contribution in [2.75, 3.05) is 0 Å². The van der Waals surface area contributed by atoms with Gasteiger partial charge in [-0.2, -0.15) is 0 Å². The summed E-state index contributed by atoms with van der Waals surface area (Å²) in [5, 5.41) is 12.7. The molecule has 2 rings (SSSR count). The number of rotatable bonds is 3. The molecule has 1 atom stereocenters. The molecular formula is C9H13NOS. The number of aromatic nitrogens is 1. The summed E-state index contributed by atoms with van der Waals surface area (Å²) in [6, 6.07) is 0. The Bertz CT molecular complexity index is 231. The van der Waals surface area contributed by atoms with Gasteiger partial charge in [0.25, 0.3) is 0 Å². The van der Waals surface area contributed by atoms with E-state index < -0.39 is 0 Å². The molecule has 1 aliphatic carbocycles. The molecule has 0 aromatic carbocycles. The van der Waals surface area contributed by atoms with Crippen molar-refractivity contribution >= 4 is 11.3 Å². The van der Waals surface area contributed by atoms with Crippen LogP contribution < -0.4 is 0 Å². The normalized spacial score (nSPS) is 20.4. The first-order valence-electron chi connectivity index (χ1n) is 4.42. The Balaban J connectivity index is 1.86. The van der Waals surface area contributed by atoms with Crippen LogP contribution in [0.1, 0.15) is 24.3 Å². The summed E-state index contributed by atoms with van der Waals surface area (Å²) in [5.74, 6) is 0.550. The molecule has 1 aromatic heterocycles. The van der Waals surface area contributed by atoms with E-state index in [-0.39, 0.29) is 6.10 Å². The Labute approximate surface area is 76.3 Å². The molecule has 1 aromatic rings. The fourth-order valence-electron chi connectivity index (χ4n) is 1.52. The van der Waals surface area contributed by atoms with Gasteiger partial charge in [0.2, 0.25) is 0 Å². The van der Waals surface area contributed by atoms with Gasteiger partial charge < -0.3 is 5.11 Å². The molecule has 0 aliphatic heterocycles. The van der Waals surface area contributed by atoms with Crippen molar-refractivity contribution in [3.63, 3.8) is 0 Å². The highest BCUT2D eigenvalue weighted by atomic mass is 32.1. The first-order chi connectivity index (χ1) is 5.86. The second-order valence-corrected chi connectivity index (χ2v) is 4.37. The number of aliphatic hydroxyl groups excluding tert-OH is 1. The lowest BCUT2D eigenvalue weighted by Gasteiger charge is -2.29. The molecule has 0 radical (unpaired) electrons. The Morgan fingerprint density at radius 3 is 3.00 bits per heavy atom. The van der Waals surface area contributed by atoms with E-state index in [0.29, 0.717) is 5.92 Å². The lowest BCUT2D eigenvalue weighted by molar-refractivity contribution is 0.0629. The van der Waals surface area contributed by atoms with Crippen LogP contribution in [0, 0.1) is 5.92 Å². The fourth-order valence-corrected chi connectivity index (χ4v) is 2.19. The van der Waals surface area contributed by atoms with Crippen LogP contribution in [0.25, 0.3) is 0 Å². The summed E-state index contributed by atoms with van der Waals surface area (Å²) in [6.07, 6.45) is 6.10. The molecule has 1 aliphatic rings. The summed E-state index contributed by atoms with van der Waals surface area (Å²) in [7, 11) is 0. The highest BCUT2D eigenvalue weighted by Crippen LogP contribution is 2.31. The van der Waals surface area contributed by atoms with Crippen molar-refractivity contribution in [1.29, 1.82) is 0 Å². The number of aliphatic hydroxyl groups is 1. The maximum atomic E-state index is 9.71. The van der Waals surface area contributed by atoms with E-state index in [9.17, 15) is 5.11 Å². The fraction of sp³-hybridized carbons (Fsp3) is 0.667. The van der Waals surface area contributed by atoms with Gasteiger partial charge in [-0.15, -0.1) is 11.3 Å². The largest absolute Gasteiger partial charge is 0.392 e. The molecule has 66 valence electrons. The Morgan fingerprint density at radius 1 is 1.67 bits per heavy atom. The van der Waals surface area contributed by atoms with Gasteiger partial charge in [-0.05, 0) is 18.8 Å². The van der Waals surface area contributed by atoms with Crippen LogP contribution in [0.3, 0.4) is 0 Å². The van der Waals surface area contributed by atoms with E-state index in [2.05, 4.69) is 4.98 Å². The SMILES string of the molecule is OC(Cc1nccs1)C1CCC1. The third-order valence-electron chi connectivity index (χ3n) is 2.56. The zero-order valence-electron chi connectivity index (χ0n) is 6.94. The van der Waals surface area contributed by atoms with Crippen LogP contribution >= 0.6 is 11.3 Å². The van der Waals surface area contributed by atoms with Gasteiger partial charge in [0.15, 0.2) is 0 Å². The summed E-state index contributed by atoms with van der Waals surface area (Å²) < 4.78 is 0. The summed E-state index contributed by atoms with van der Waals surface area (Å²) in [5.41, 5.74) is 0. The summed E-state index contributed by atoms with van der Waals surface area (Å²) in [6.45, 7) is 0. The molecule has 1 heterocycles. The van der Waals surface area contributed by atoms with Gasteiger partial charge in [0.05, 0.1) is 11.1 Å². The zero-order chi connectivity index (χ0) is 8.39. The Hall–Kier alpha value is -0.410. The average molecular weight is 183 g/mol. The quantitative estimate of drug-likeness (QED) is 0.775. The van der Waals surface area contributed by atoms with Crippen LogP contribution in [-0.4, -0.2) is 16.2 Å². The molecule has 1 saturated carbocycles. The average Bonchev–Trinajstić information content (AvgIpc) is 2.34. The van der Waals surface area contributed by atoms with Gasteiger partial charge in [-0.3, -0.25) is 0 Å². The Morgan fingerprint density at radius 2 is 2.50 bits per heavy atom. The van der Waals surface area contributed by atoms with E-state index in [1.165, 1.54) is 19.3 Å². The van der Waals surface area contributed by atoms with Crippen molar-refractivity contribution in [2.24, 2.45) is 5.92 Å². The molecule has 2 nitrogen and oxygen atoms in total. The maximum Gasteiger partial charge on any atom is 0.0950 e. The van der Waals surface area contributed by atoms with Gasteiger partial charge in [0.1, 0.15) is 0 Å². The van der Waals surface area contributed by atoms with Crippen molar-refractivity contribution in [1.82, 2.24) is 4.98 Å². The molecular weight excluding hydrogens is 170 g/mol. The third kappa shape index (κ3) is 1.67. The molecule has 3 heteroatoms. The van der Waals surface area contributed by atoms with Crippen molar-refractivity contribution in [3.05, 3.63) is 16.6 Å². The monoisotopic (exact) mass is 183 g/mol. The molecule has 1 fully saturated rings. The van der Waals surface area contributed by atoms with Gasteiger partial charge >= 0.3 is 0 Å². The van der Waals surface area contributed by atoms with Crippen LogP contribution in [0.15, 0.2) is 11.6 Å². The molecule has 1 N–H and O–H groups in total. The third-order valence-corrected chi connectivity index (χ3v) is 3.36. The van der Waals surface area contributed by atoms with Crippen LogP contribution in [-0.2, 0) is 6.42 Å². The van der Waals surface area contributed by atoms with Crippen LogP contribution in [0.2, 0.25) is 0 Å². The van der Waals surface area contributed by atoms with E-state index in [1.54, 1.807) is 17.5 Å². The van der Waals surface area contributed by atoms with E-state index in [0.717, 1.165) is 11.4 Å². The Kier molecular flexibility index (Phi) is 2.42. The minimum atomic E-state index is -0.148. The van der Waals surface area contributed by atoms with Crippen LogP contribution in [0.4, 0.5) is 0 Å². The van der Waals surface area contributed by atoms with Crippen molar-refractivity contribution < 1.29 is 5.11 Å². The van der Waals surface area contributed by atoms with Gasteiger partial charge in [-0.25, -0.2) is 4.98 Å². The maximum absolute atomic E-state index is 9.71. The lowest BCUT2D eigenvalue weighted by Crippen LogP contribution is -2.28. The van der Waals surface area contributed by atoms with Crippen molar-refractivity contribution in [3.8, 4) is 0 Å². The highest BCUT2D eigenvalue weighted by molar-refractivity contribution is 7.09. The molecule has 0 saturated heterocycles. The minimum absolute atomic E-state index is 0.148. The minimum Gasteiger partial charge on any atom is -0.392 e. The van der Waals surface area contributed by atoms with E-state index >= 15 is 0 Å². The second-order valence-electron chi connectivity index (χ2n) is 3.39. The molecule has 0 spiro atoms. The van der Waals surface area contributed by atoms with E-state index in [1.807, 2.05) is 5.38 Å². The lowest BCUT2D eigenvalue weighted by atomic mass is 9.80. The first-order valence-corrected chi connectivity index (χ1v) is 5.30. The number of hydrogen-bond donors (Lipinski definition) is 1. The number of thiazole rings is 1. The molecule has 0 amide bonds. The molecule has 0 bridgehead atoms. The zero-order valence-corrected chi connectivity index (χ0v) is 7.76. The first kappa shape index (κ1) is 8.20. The van der Waals surface area contributed by atoms with Crippen molar-refractivity contribution in [2.45, 2.75) is 31.8 Å². The number of hydrogen-bond acceptors (Lipinski definition) is 3. The predicted octanol–water partition coefficient (Wildman–Crippen LogP) is 1.85. The summed E-state index contributed by atoms with van der Waals surface area (Å²) >= 11 is 1.63. The second kappa shape index (κ2) is 3.54. The number of nitrogens with zero attached hydrogens (tertiary/aromatic N) is 1. The highest BCUT2D eigenvalue weighted by Gasteiger charge is 2.25. The summed E-state index contributed by atoms with van der Waals surface area (Å²) in [4.78, 5) is 4.16. The standard InChI is InChI=1S/C9H13NOS/c11-8(7-2-1-3-7)6-9-10-4-5-12-9/h4-5,7-8,11H,1-3,6H2. The van der Waals surface area contributed by atoms with Gasteiger partial charge in [0, 0.05) is 18.0 Å². The van der Waals surface area contributed by atoms with Gasteiger partial charge in [-0.1, -0.05) is 6.42 Å². The predicted molar refractivity (Wildman–Crippen MR) is 49.2 cm³/mol. The molecule has 12 heavy (non-hydrogen) atoms. The van der Waals surface area contributed by atoms with Crippen LogP contribution in [0.5, 0.6) is 0 Å². The van der Waals surface area contributed by atoms with E-state index in [4.69, 9.17) is 0 Å². The molecule has 1 unspecified atom stereocenters.